The molecule has 2 rings (SSSR count). The Kier molecular flexibility index (Phi) is 5.93. The summed E-state index contributed by atoms with van der Waals surface area (Å²) in [5.74, 6) is 5.66. The molecule has 1 aromatic carbocycles. The van der Waals surface area contributed by atoms with Crippen LogP contribution in [-0.2, 0) is 14.8 Å². The molecule has 1 aromatic rings. The second-order valence-electron chi connectivity index (χ2n) is 4.73. The van der Waals surface area contributed by atoms with Crippen LogP contribution in [0.5, 0.6) is 5.75 Å². The molecule has 124 valence electrons. The highest BCUT2D eigenvalue weighted by Gasteiger charge is 2.37. The molecule has 1 aliphatic rings. The Morgan fingerprint density at radius 1 is 1.43 bits per heavy atom. The average molecular weight is 355 g/mol. The number of rotatable bonds is 5. The van der Waals surface area contributed by atoms with Crippen LogP contribution in [-0.4, -0.2) is 54.5 Å². The zero-order chi connectivity index (χ0) is 16.9. The van der Waals surface area contributed by atoms with Crippen LogP contribution in [0.25, 0.3) is 0 Å². The third-order valence-electron chi connectivity index (χ3n) is 3.28. The molecule has 8 heteroatoms. The van der Waals surface area contributed by atoms with Gasteiger partial charge in [0.15, 0.2) is 0 Å². The standard InChI is InChI=1S/C15H17NO5S2/c1-2-3-9-21-12-4-6-13(7-5-12)23(19,20)16-8-10-22-11-14(16)15(17)18/h4-7,14H,8-11H2,1H3,(H,17,18). The highest BCUT2D eigenvalue weighted by atomic mass is 32.2. The fraction of sp³-hybridized carbons (Fsp3) is 0.400. The summed E-state index contributed by atoms with van der Waals surface area (Å²) in [5, 5.41) is 9.23. The van der Waals surface area contributed by atoms with Gasteiger partial charge in [0.1, 0.15) is 18.4 Å². The Labute approximate surface area is 139 Å². The van der Waals surface area contributed by atoms with E-state index in [1.54, 1.807) is 19.1 Å². The number of aliphatic carboxylic acids is 1. The van der Waals surface area contributed by atoms with E-state index in [9.17, 15) is 18.3 Å². The first-order chi connectivity index (χ1) is 11.0. The van der Waals surface area contributed by atoms with Crippen molar-refractivity contribution in [1.82, 2.24) is 4.31 Å². The molecule has 1 atom stereocenters. The average Bonchev–Trinajstić information content (AvgIpc) is 2.55. The molecule has 1 N–H and O–H groups in total. The number of hydrogen-bond donors (Lipinski definition) is 1. The van der Waals surface area contributed by atoms with Crippen molar-refractivity contribution in [2.45, 2.75) is 17.9 Å². The third-order valence-corrected chi connectivity index (χ3v) is 6.23. The monoisotopic (exact) mass is 355 g/mol. The van der Waals surface area contributed by atoms with Crippen molar-refractivity contribution in [1.29, 1.82) is 0 Å². The topological polar surface area (TPSA) is 83.9 Å². The van der Waals surface area contributed by atoms with E-state index in [1.165, 1.54) is 23.9 Å². The van der Waals surface area contributed by atoms with E-state index in [0.717, 1.165) is 4.31 Å². The van der Waals surface area contributed by atoms with E-state index in [4.69, 9.17) is 4.74 Å². The molecule has 1 saturated heterocycles. The molecule has 0 amide bonds. The van der Waals surface area contributed by atoms with Gasteiger partial charge in [0.2, 0.25) is 10.0 Å². The van der Waals surface area contributed by atoms with Gasteiger partial charge in [0.05, 0.1) is 4.90 Å². The SMILES string of the molecule is CC#CCOc1ccc(S(=O)(=O)N2CCSCC2C(=O)O)cc1. The maximum atomic E-state index is 12.7. The summed E-state index contributed by atoms with van der Waals surface area (Å²) in [5.41, 5.74) is 0. The summed E-state index contributed by atoms with van der Waals surface area (Å²) >= 11 is 1.44. The minimum Gasteiger partial charge on any atom is -0.481 e. The Bertz CT molecular complexity index is 718. The van der Waals surface area contributed by atoms with E-state index in [2.05, 4.69) is 11.8 Å². The maximum Gasteiger partial charge on any atom is 0.322 e. The van der Waals surface area contributed by atoms with Crippen LogP contribution in [0.1, 0.15) is 6.92 Å². The van der Waals surface area contributed by atoms with Crippen molar-refractivity contribution in [2.75, 3.05) is 24.7 Å². The molecular formula is C15H17NO5S2. The summed E-state index contributed by atoms with van der Waals surface area (Å²) < 4.78 is 31.7. The zero-order valence-corrected chi connectivity index (χ0v) is 14.2. The summed E-state index contributed by atoms with van der Waals surface area (Å²) in [6, 6.07) is 4.89. The molecular weight excluding hydrogens is 338 g/mol. The highest BCUT2D eigenvalue weighted by Crippen LogP contribution is 2.26. The van der Waals surface area contributed by atoms with E-state index in [-0.39, 0.29) is 23.8 Å². The molecule has 6 nitrogen and oxygen atoms in total. The lowest BCUT2D eigenvalue weighted by atomic mass is 10.3. The second kappa shape index (κ2) is 7.73. The molecule has 1 aliphatic heterocycles. The normalized spacial score (nSPS) is 18.7. The first kappa shape index (κ1) is 17.7. The van der Waals surface area contributed by atoms with Crippen LogP contribution in [0.2, 0.25) is 0 Å². The van der Waals surface area contributed by atoms with E-state index in [1.807, 2.05) is 0 Å². The van der Waals surface area contributed by atoms with Crippen molar-refractivity contribution in [3.05, 3.63) is 24.3 Å². The number of benzene rings is 1. The lowest BCUT2D eigenvalue weighted by Gasteiger charge is -2.31. The van der Waals surface area contributed by atoms with Crippen LogP contribution in [0, 0.1) is 11.8 Å². The highest BCUT2D eigenvalue weighted by molar-refractivity contribution is 7.99. The molecule has 1 heterocycles. The number of carboxylic acids is 1. The van der Waals surface area contributed by atoms with Crippen molar-refractivity contribution < 1.29 is 23.1 Å². The second-order valence-corrected chi connectivity index (χ2v) is 7.77. The van der Waals surface area contributed by atoms with E-state index in [0.29, 0.717) is 11.5 Å². The van der Waals surface area contributed by atoms with Crippen molar-refractivity contribution in [2.24, 2.45) is 0 Å². The Balaban J connectivity index is 2.20. The van der Waals surface area contributed by atoms with Crippen molar-refractivity contribution >= 4 is 27.8 Å². The number of ether oxygens (including phenoxy) is 1. The van der Waals surface area contributed by atoms with E-state index >= 15 is 0 Å². The summed E-state index contributed by atoms with van der Waals surface area (Å²) in [4.78, 5) is 11.4. The third kappa shape index (κ3) is 4.19. The number of sulfonamides is 1. The molecule has 0 saturated carbocycles. The minimum absolute atomic E-state index is 0.0598. The Morgan fingerprint density at radius 2 is 2.13 bits per heavy atom. The van der Waals surface area contributed by atoms with Gasteiger partial charge in [-0.15, -0.1) is 5.92 Å². The first-order valence-corrected chi connectivity index (χ1v) is 9.51. The molecule has 1 fully saturated rings. The maximum absolute atomic E-state index is 12.7. The first-order valence-electron chi connectivity index (χ1n) is 6.91. The minimum atomic E-state index is -3.84. The lowest BCUT2D eigenvalue weighted by molar-refractivity contribution is -0.140. The largest absolute Gasteiger partial charge is 0.481 e. The number of hydrogen-bond acceptors (Lipinski definition) is 5. The Morgan fingerprint density at radius 3 is 2.74 bits per heavy atom. The molecule has 0 bridgehead atoms. The fourth-order valence-corrected chi connectivity index (χ4v) is 4.94. The van der Waals surface area contributed by atoms with Crippen molar-refractivity contribution in [3.63, 3.8) is 0 Å². The van der Waals surface area contributed by atoms with Gasteiger partial charge in [-0.3, -0.25) is 4.79 Å². The van der Waals surface area contributed by atoms with Gasteiger partial charge < -0.3 is 9.84 Å². The van der Waals surface area contributed by atoms with Gasteiger partial charge in [-0.2, -0.15) is 16.1 Å². The molecule has 1 unspecified atom stereocenters. The van der Waals surface area contributed by atoms with Crippen LogP contribution < -0.4 is 4.74 Å². The predicted molar refractivity (Wildman–Crippen MR) is 88.0 cm³/mol. The molecule has 23 heavy (non-hydrogen) atoms. The van der Waals surface area contributed by atoms with Crippen LogP contribution in [0.3, 0.4) is 0 Å². The van der Waals surface area contributed by atoms with Gasteiger partial charge in [-0.05, 0) is 31.2 Å². The van der Waals surface area contributed by atoms with Gasteiger partial charge >= 0.3 is 5.97 Å². The van der Waals surface area contributed by atoms with Gasteiger partial charge in [0, 0.05) is 18.1 Å². The molecule has 0 spiro atoms. The van der Waals surface area contributed by atoms with Crippen LogP contribution in [0.4, 0.5) is 0 Å². The van der Waals surface area contributed by atoms with Gasteiger partial charge in [-0.1, -0.05) is 5.92 Å². The number of carboxylic acid groups (broad SMARTS) is 1. The number of thioether (sulfide) groups is 1. The van der Waals surface area contributed by atoms with E-state index < -0.39 is 22.0 Å². The summed E-state index contributed by atoms with van der Waals surface area (Å²) in [6.07, 6.45) is 0. The molecule has 0 aromatic heterocycles. The van der Waals surface area contributed by atoms with Gasteiger partial charge in [-0.25, -0.2) is 8.42 Å². The number of carbonyl (C=O) groups is 1. The Hall–Kier alpha value is -1.69. The number of nitrogens with zero attached hydrogens (tertiary/aromatic N) is 1. The van der Waals surface area contributed by atoms with Crippen LogP contribution in [0.15, 0.2) is 29.2 Å². The smallest absolute Gasteiger partial charge is 0.322 e. The summed E-state index contributed by atoms with van der Waals surface area (Å²) in [7, 11) is -3.84. The molecule has 0 aliphatic carbocycles. The van der Waals surface area contributed by atoms with Crippen LogP contribution >= 0.6 is 11.8 Å². The fourth-order valence-electron chi connectivity index (χ4n) is 2.11. The lowest BCUT2D eigenvalue weighted by Crippen LogP contribution is -2.50. The molecule has 0 radical (unpaired) electrons. The zero-order valence-electron chi connectivity index (χ0n) is 12.6. The quantitative estimate of drug-likeness (QED) is 0.801. The predicted octanol–water partition coefficient (Wildman–Crippen LogP) is 1.28. The van der Waals surface area contributed by atoms with Gasteiger partial charge in [0.25, 0.3) is 0 Å². The van der Waals surface area contributed by atoms with Crippen molar-refractivity contribution in [3.8, 4) is 17.6 Å². The summed E-state index contributed by atoms with van der Waals surface area (Å²) in [6.45, 7) is 2.12.